The molecule has 0 saturated heterocycles. The lowest BCUT2D eigenvalue weighted by molar-refractivity contribution is -0.128. The minimum atomic E-state index is -0.725. The van der Waals surface area contributed by atoms with E-state index in [-0.39, 0.29) is 5.75 Å². The number of amides is 2. The van der Waals surface area contributed by atoms with E-state index in [0.29, 0.717) is 5.69 Å². The van der Waals surface area contributed by atoms with Gasteiger partial charge in [-0.2, -0.15) is 0 Å². The fourth-order valence-electron chi connectivity index (χ4n) is 0.942. The number of ether oxygens (including phenoxy) is 1. The molecule has 3 N–H and O–H groups in total. The van der Waals surface area contributed by atoms with E-state index in [0.717, 1.165) is 6.08 Å². The topological polar surface area (TPSA) is 81.4 Å². The molecule has 0 aromatic heterocycles. The molecule has 1 aromatic rings. The van der Waals surface area contributed by atoms with Gasteiger partial charge in [-0.05, 0) is 12.1 Å². The van der Waals surface area contributed by atoms with Crippen molar-refractivity contribution in [3.05, 3.63) is 36.9 Å². The van der Waals surface area contributed by atoms with Crippen molar-refractivity contribution in [3.63, 3.8) is 0 Å². The summed E-state index contributed by atoms with van der Waals surface area (Å²) in [6.07, 6.45) is 1.03. The number of hydrogen-bond acceptors (Lipinski definition) is 3. The number of urea groups is 1. The van der Waals surface area contributed by atoms with Gasteiger partial charge in [-0.3, -0.25) is 0 Å². The largest absolute Gasteiger partial charge is 0.421 e. The van der Waals surface area contributed by atoms with Crippen molar-refractivity contribution in [1.29, 1.82) is 0 Å². The van der Waals surface area contributed by atoms with E-state index in [9.17, 15) is 9.59 Å². The molecule has 0 saturated carbocycles. The average molecular weight is 206 g/mol. The quantitative estimate of drug-likeness (QED) is 0.444. The van der Waals surface area contributed by atoms with Gasteiger partial charge in [0.15, 0.2) is 5.75 Å². The number of carbonyl (C=O) groups is 2. The number of esters is 1. The van der Waals surface area contributed by atoms with Crippen molar-refractivity contribution in [2.75, 3.05) is 5.32 Å². The van der Waals surface area contributed by atoms with Crippen LogP contribution in [0.15, 0.2) is 36.9 Å². The minimum absolute atomic E-state index is 0.223. The Morgan fingerprint density at radius 1 is 1.40 bits per heavy atom. The van der Waals surface area contributed by atoms with Gasteiger partial charge < -0.3 is 15.8 Å². The van der Waals surface area contributed by atoms with Gasteiger partial charge in [0, 0.05) is 6.08 Å². The van der Waals surface area contributed by atoms with Crippen LogP contribution in [0.5, 0.6) is 5.75 Å². The molecule has 0 heterocycles. The number of hydrogen-bond donors (Lipinski definition) is 2. The summed E-state index contributed by atoms with van der Waals surface area (Å²) in [5.41, 5.74) is 5.28. The summed E-state index contributed by atoms with van der Waals surface area (Å²) >= 11 is 0. The highest BCUT2D eigenvalue weighted by Gasteiger charge is 2.06. The second kappa shape index (κ2) is 4.80. The lowest BCUT2D eigenvalue weighted by atomic mass is 10.3. The van der Waals surface area contributed by atoms with Crippen LogP contribution >= 0.6 is 0 Å². The molecule has 0 spiro atoms. The van der Waals surface area contributed by atoms with E-state index in [2.05, 4.69) is 11.9 Å². The second-order valence-electron chi connectivity index (χ2n) is 2.61. The van der Waals surface area contributed by atoms with E-state index < -0.39 is 12.0 Å². The molecule has 0 aliphatic heterocycles. The maximum atomic E-state index is 10.9. The van der Waals surface area contributed by atoms with E-state index in [1.807, 2.05) is 0 Å². The summed E-state index contributed by atoms with van der Waals surface area (Å²) in [6.45, 7) is 3.26. The Balaban J connectivity index is 2.90. The third-order valence-electron chi connectivity index (χ3n) is 1.52. The SMILES string of the molecule is C=CC(=O)Oc1ccccc1NC(N)=O. The number of rotatable bonds is 3. The van der Waals surface area contributed by atoms with Crippen LogP contribution in [0.2, 0.25) is 0 Å². The first kappa shape index (κ1) is 10.8. The standard InChI is InChI=1S/C10H10N2O3/c1-2-9(13)15-8-6-4-3-5-7(8)12-10(11)14/h2-6H,1H2,(H3,11,12,14). The first-order valence-corrected chi connectivity index (χ1v) is 4.13. The predicted molar refractivity (Wildman–Crippen MR) is 55.5 cm³/mol. The highest BCUT2D eigenvalue weighted by atomic mass is 16.5. The molecule has 1 aromatic carbocycles. The zero-order valence-corrected chi connectivity index (χ0v) is 7.90. The van der Waals surface area contributed by atoms with E-state index in [1.54, 1.807) is 18.2 Å². The zero-order chi connectivity index (χ0) is 11.3. The number of para-hydroxylation sites is 2. The molecule has 2 amide bonds. The van der Waals surface area contributed by atoms with Crippen LogP contribution in [0.25, 0.3) is 0 Å². The highest BCUT2D eigenvalue weighted by Crippen LogP contribution is 2.23. The molecule has 5 nitrogen and oxygen atoms in total. The van der Waals surface area contributed by atoms with Crippen LogP contribution in [-0.2, 0) is 4.79 Å². The molecular weight excluding hydrogens is 196 g/mol. The summed E-state index contributed by atoms with van der Waals surface area (Å²) in [7, 11) is 0. The molecule has 0 bridgehead atoms. The minimum Gasteiger partial charge on any atom is -0.421 e. The number of benzene rings is 1. The van der Waals surface area contributed by atoms with Crippen LogP contribution in [0.3, 0.4) is 0 Å². The summed E-state index contributed by atoms with van der Waals surface area (Å²) < 4.78 is 4.87. The Morgan fingerprint density at radius 2 is 2.07 bits per heavy atom. The molecule has 78 valence electrons. The van der Waals surface area contributed by atoms with Crippen molar-refractivity contribution in [3.8, 4) is 5.75 Å². The van der Waals surface area contributed by atoms with Gasteiger partial charge in [0.2, 0.25) is 0 Å². The van der Waals surface area contributed by atoms with Gasteiger partial charge in [0.25, 0.3) is 0 Å². The summed E-state index contributed by atoms with van der Waals surface area (Å²) in [5, 5.41) is 2.33. The van der Waals surface area contributed by atoms with Crippen LogP contribution in [0.4, 0.5) is 10.5 Å². The van der Waals surface area contributed by atoms with Crippen LogP contribution < -0.4 is 15.8 Å². The lowest BCUT2D eigenvalue weighted by Crippen LogP contribution is -2.20. The summed E-state index contributed by atoms with van der Waals surface area (Å²) in [4.78, 5) is 21.6. The maximum absolute atomic E-state index is 10.9. The number of nitrogens with two attached hydrogens (primary N) is 1. The number of nitrogens with one attached hydrogen (secondary N) is 1. The average Bonchev–Trinajstić information content (AvgIpc) is 2.20. The third kappa shape index (κ3) is 3.15. The smallest absolute Gasteiger partial charge is 0.335 e. The third-order valence-corrected chi connectivity index (χ3v) is 1.52. The van der Waals surface area contributed by atoms with Crippen molar-refractivity contribution in [2.45, 2.75) is 0 Å². The maximum Gasteiger partial charge on any atom is 0.335 e. The molecule has 5 heteroatoms. The molecule has 0 unspecified atom stereocenters. The Bertz CT molecular complexity index is 401. The van der Waals surface area contributed by atoms with Gasteiger partial charge in [-0.1, -0.05) is 18.7 Å². The number of anilines is 1. The normalized spacial score (nSPS) is 9.07. The van der Waals surface area contributed by atoms with Gasteiger partial charge in [0.1, 0.15) is 0 Å². The van der Waals surface area contributed by atoms with E-state index in [4.69, 9.17) is 10.5 Å². The molecule has 0 radical (unpaired) electrons. The molecule has 0 atom stereocenters. The Kier molecular flexibility index (Phi) is 3.45. The van der Waals surface area contributed by atoms with Gasteiger partial charge in [-0.15, -0.1) is 0 Å². The summed E-state index contributed by atoms with van der Waals surface area (Å²) in [5.74, 6) is -0.380. The molecule has 15 heavy (non-hydrogen) atoms. The van der Waals surface area contributed by atoms with E-state index >= 15 is 0 Å². The predicted octanol–water partition coefficient (Wildman–Crippen LogP) is 1.27. The van der Waals surface area contributed by atoms with Gasteiger partial charge in [0.05, 0.1) is 5.69 Å². The first-order valence-electron chi connectivity index (χ1n) is 4.13. The Labute approximate surface area is 86.5 Å². The monoisotopic (exact) mass is 206 g/mol. The van der Waals surface area contributed by atoms with Crippen molar-refractivity contribution >= 4 is 17.7 Å². The van der Waals surface area contributed by atoms with Crippen LogP contribution in [0.1, 0.15) is 0 Å². The molecule has 0 aliphatic rings. The summed E-state index contributed by atoms with van der Waals surface area (Å²) in [6, 6.07) is 5.72. The van der Waals surface area contributed by atoms with Crippen molar-refractivity contribution < 1.29 is 14.3 Å². The van der Waals surface area contributed by atoms with Crippen LogP contribution in [-0.4, -0.2) is 12.0 Å². The highest BCUT2D eigenvalue weighted by molar-refractivity contribution is 5.91. The molecular formula is C10H10N2O3. The van der Waals surface area contributed by atoms with E-state index in [1.165, 1.54) is 6.07 Å². The second-order valence-corrected chi connectivity index (χ2v) is 2.61. The van der Waals surface area contributed by atoms with Crippen LogP contribution in [0, 0.1) is 0 Å². The number of carbonyl (C=O) groups excluding carboxylic acids is 2. The fourth-order valence-corrected chi connectivity index (χ4v) is 0.942. The van der Waals surface area contributed by atoms with Gasteiger partial charge >= 0.3 is 12.0 Å². The fraction of sp³-hybridized carbons (Fsp3) is 0. The zero-order valence-electron chi connectivity index (χ0n) is 7.90. The van der Waals surface area contributed by atoms with Gasteiger partial charge in [-0.25, -0.2) is 9.59 Å². The molecule has 0 aliphatic carbocycles. The lowest BCUT2D eigenvalue weighted by Gasteiger charge is -2.07. The molecule has 0 fully saturated rings. The Hall–Kier alpha value is -2.30. The molecule has 1 rings (SSSR count). The van der Waals surface area contributed by atoms with Crippen molar-refractivity contribution in [2.24, 2.45) is 5.73 Å². The number of primary amides is 1. The Morgan fingerprint density at radius 3 is 2.67 bits per heavy atom. The first-order chi connectivity index (χ1) is 7.13. The van der Waals surface area contributed by atoms with Crippen molar-refractivity contribution in [1.82, 2.24) is 0 Å².